The maximum absolute atomic E-state index is 11.6. The SMILES string of the molecule is Cn1ccc(=O)n(CCCCCC(=O)O)c1=O. The van der Waals surface area contributed by atoms with Crippen molar-refractivity contribution in [1.29, 1.82) is 0 Å². The van der Waals surface area contributed by atoms with Crippen molar-refractivity contribution in [3.05, 3.63) is 33.1 Å². The van der Waals surface area contributed by atoms with Crippen molar-refractivity contribution < 1.29 is 9.90 Å². The summed E-state index contributed by atoms with van der Waals surface area (Å²) in [6, 6.07) is 1.35. The molecule has 0 aliphatic carbocycles. The van der Waals surface area contributed by atoms with E-state index >= 15 is 0 Å². The lowest BCUT2D eigenvalue weighted by molar-refractivity contribution is -0.137. The van der Waals surface area contributed by atoms with E-state index in [1.807, 2.05) is 0 Å². The van der Waals surface area contributed by atoms with Crippen LogP contribution >= 0.6 is 0 Å². The van der Waals surface area contributed by atoms with Gasteiger partial charge in [0.2, 0.25) is 0 Å². The summed E-state index contributed by atoms with van der Waals surface area (Å²) in [5, 5.41) is 8.45. The van der Waals surface area contributed by atoms with Crippen LogP contribution in [-0.4, -0.2) is 20.2 Å². The number of carbonyl (C=O) groups is 1. The van der Waals surface area contributed by atoms with Gasteiger partial charge < -0.3 is 9.67 Å². The highest BCUT2D eigenvalue weighted by atomic mass is 16.4. The minimum Gasteiger partial charge on any atom is -0.481 e. The van der Waals surface area contributed by atoms with E-state index in [0.29, 0.717) is 25.8 Å². The van der Waals surface area contributed by atoms with Crippen molar-refractivity contribution >= 4 is 5.97 Å². The molecule has 0 fully saturated rings. The van der Waals surface area contributed by atoms with Gasteiger partial charge in [0.15, 0.2) is 0 Å². The summed E-state index contributed by atoms with van der Waals surface area (Å²) in [5.41, 5.74) is -0.651. The summed E-state index contributed by atoms with van der Waals surface area (Å²) in [5.74, 6) is -0.821. The fourth-order valence-corrected chi connectivity index (χ4v) is 1.54. The van der Waals surface area contributed by atoms with E-state index in [2.05, 4.69) is 0 Å². The first-order valence-corrected chi connectivity index (χ1v) is 5.50. The molecule has 0 atom stereocenters. The standard InChI is InChI=1S/C11H16N2O4/c1-12-8-6-9(14)13(11(12)17)7-4-2-3-5-10(15)16/h6,8H,2-5,7H2,1H3,(H,15,16). The van der Waals surface area contributed by atoms with Crippen LogP contribution in [0.25, 0.3) is 0 Å². The first-order valence-electron chi connectivity index (χ1n) is 5.50. The molecule has 0 saturated carbocycles. The average Bonchev–Trinajstić information content (AvgIpc) is 2.27. The zero-order valence-corrected chi connectivity index (χ0v) is 9.76. The molecule has 6 nitrogen and oxygen atoms in total. The molecule has 0 amide bonds. The summed E-state index contributed by atoms with van der Waals surface area (Å²) in [7, 11) is 1.59. The van der Waals surface area contributed by atoms with Gasteiger partial charge in [0.05, 0.1) is 0 Å². The number of aromatic nitrogens is 2. The second-order valence-electron chi connectivity index (χ2n) is 3.90. The van der Waals surface area contributed by atoms with Gasteiger partial charge in [0.25, 0.3) is 5.56 Å². The number of nitrogens with zero attached hydrogens (tertiary/aromatic N) is 2. The van der Waals surface area contributed by atoms with Gasteiger partial charge in [-0.15, -0.1) is 0 Å². The smallest absolute Gasteiger partial charge is 0.330 e. The van der Waals surface area contributed by atoms with Crippen LogP contribution in [0.15, 0.2) is 21.9 Å². The normalized spacial score (nSPS) is 10.4. The molecule has 1 N–H and O–H groups in total. The minimum absolute atomic E-state index is 0.127. The summed E-state index contributed by atoms with van der Waals surface area (Å²) in [4.78, 5) is 33.3. The number of carboxylic acids is 1. The number of rotatable bonds is 6. The summed E-state index contributed by atoms with van der Waals surface area (Å²) < 4.78 is 2.51. The third kappa shape index (κ3) is 3.90. The van der Waals surface area contributed by atoms with Gasteiger partial charge in [-0.1, -0.05) is 6.42 Å². The van der Waals surface area contributed by atoms with Crippen LogP contribution < -0.4 is 11.2 Å². The summed E-state index contributed by atoms with van der Waals surface area (Å²) in [6.45, 7) is 0.339. The molecule has 0 unspecified atom stereocenters. The van der Waals surface area contributed by atoms with Gasteiger partial charge in [-0.3, -0.25) is 14.2 Å². The first-order chi connectivity index (χ1) is 8.02. The van der Waals surface area contributed by atoms with Crippen molar-refractivity contribution in [3.8, 4) is 0 Å². The lowest BCUT2D eigenvalue weighted by atomic mass is 10.2. The predicted molar refractivity (Wildman–Crippen MR) is 62.0 cm³/mol. The lowest BCUT2D eigenvalue weighted by Gasteiger charge is -2.05. The van der Waals surface area contributed by atoms with E-state index in [4.69, 9.17) is 5.11 Å². The Bertz CT molecular complexity index is 501. The Kier molecular flexibility index (Phi) is 4.68. The molecule has 1 aromatic heterocycles. The van der Waals surface area contributed by atoms with Crippen molar-refractivity contribution in [2.24, 2.45) is 7.05 Å². The highest BCUT2D eigenvalue weighted by Gasteiger charge is 2.02. The zero-order valence-electron chi connectivity index (χ0n) is 9.76. The van der Waals surface area contributed by atoms with Gasteiger partial charge in [-0.25, -0.2) is 4.79 Å². The lowest BCUT2D eigenvalue weighted by Crippen LogP contribution is -2.37. The van der Waals surface area contributed by atoms with Crippen molar-refractivity contribution in [3.63, 3.8) is 0 Å². The van der Waals surface area contributed by atoms with Gasteiger partial charge in [-0.05, 0) is 12.8 Å². The fraction of sp³-hybridized carbons (Fsp3) is 0.545. The molecule has 17 heavy (non-hydrogen) atoms. The quantitative estimate of drug-likeness (QED) is 0.720. The first kappa shape index (κ1) is 13.2. The van der Waals surface area contributed by atoms with Crippen LogP contribution in [0, 0.1) is 0 Å². The van der Waals surface area contributed by atoms with Crippen LogP contribution in [0.2, 0.25) is 0 Å². The Morgan fingerprint density at radius 1 is 1.29 bits per heavy atom. The van der Waals surface area contributed by atoms with E-state index in [-0.39, 0.29) is 17.7 Å². The van der Waals surface area contributed by atoms with Crippen LogP contribution in [0.4, 0.5) is 0 Å². The Balaban J connectivity index is 2.53. The second kappa shape index (κ2) is 6.03. The third-order valence-corrected chi connectivity index (χ3v) is 2.51. The molecule has 0 saturated heterocycles. The third-order valence-electron chi connectivity index (χ3n) is 2.51. The molecule has 0 bridgehead atoms. The summed E-state index contributed by atoms with van der Waals surface area (Å²) >= 11 is 0. The van der Waals surface area contributed by atoms with Crippen LogP contribution in [-0.2, 0) is 18.4 Å². The van der Waals surface area contributed by atoms with Gasteiger partial charge in [0, 0.05) is 32.3 Å². The molecule has 94 valence electrons. The van der Waals surface area contributed by atoms with Crippen molar-refractivity contribution in [2.75, 3.05) is 0 Å². The number of aliphatic carboxylic acids is 1. The monoisotopic (exact) mass is 240 g/mol. The molecule has 0 aromatic carbocycles. The Morgan fingerprint density at radius 2 is 2.00 bits per heavy atom. The Morgan fingerprint density at radius 3 is 2.65 bits per heavy atom. The highest BCUT2D eigenvalue weighted by molar-refractivity contribution is 5.66. The largest absolute Gasteiger partial charge is 0.481 e. The van der Waals surface area contributed by atoms with Gasteiger partial charge in [-0.2, -0.15) is 0 Å². The minimum atomic E-state index is -0.821. The maximum atomic E-state index is 11.6. The zero-order chi connectivity index (χ0) is 12.8. The molecular weight excluding hydrogens is 224 g/mol. The number of hydrogen-bond acceptors (Lipinski definition) is 3. The van der Waals surface area contributed by atoms with E-state index < -0.39 is 5.97 Å². The van der Waals surface area contributed by atoms with E-state index in [1.165, 1.54) is 21.4 Å². The molecule has 0 radical (unpaired) electrons. The van der Waals surface area contributed by atoms with Gasteiger partial charge in [0.1, 0.15) is 0 Å². The van der Waals surface area contributed by atoms with E-state index in [0.717, 1.165) is 0 Å². The predicted octanol–water partition coefficient (Wildman–Crippen LogP) is 0.192. The average molecular weight is 240 g/mol. The van der Waals surface area contributed by atoms with Crippen LogP contribution in [0.1, 0.15) is 25.7 Å². The topological polar surface area (TPSA) is 81.3 Å². The summed E-state index contributed by atoms with van der Waals surface area (Å²) in [6.07, 6.45) is 3.45. The Hall–Kier alpha value is -1.85. The fourth-order valence-electron chi connectivity index (χ4n) is 1.54. The Labute approximate surface area is 98.1 Å². The molecule has 1 aromatic rings. The maximum Gasteiger partial charge on any atom is 0.330 e. The highest BCUT2D eigenvalue weighted by Crippen LogP contribution is 2.00. The van der Waals surface area contributed by atoms with Crippen molar-refractivity contribution in [1.82, 2.24) is 9.13 Å². The van der Waals surface area contributed by atoms with Crippen LogP contribution in [0.5, 0.6) is 0 Å². The number of unbranched alkanes of at least 4 members (excludes halogenated alkanes) is 2. The second-order valence-corrected chi connectivity index (χ2v) is 3.90. The van der Waals surface area contributed by atoms with E-state index in [9.17, 15) is 14.4 Å². The molecule has 1 rings (SSSR count). The molecular formula is C11H16N2O4. The van der Waals surface area contributed by atoms with E-state index in [1.54, 1.807) is 7.05 Å². The number of hydrogen-bond donors (Lipinski definition) is 1. The van der Waals surface area contributed by atoms with Crippen molar-refractivity contribution in [2.45, 2.75) is 32.2 Å². The number of carboxylic acid groups (broad SMARTS) is 1. The van der Waals surface area contributed by atoms with Gasteiger partial charge >= 0.3 is 11.7 Å². The molecule has 0 aliphatic heterocycles. The number of aryl methyl sites for hydroxylation is 1. The molecule has 6 heteroatoms. The molecule has 0 spiro atoms. The molecule has 1 heterocycles. The molecule has 0 aliphatic rings. The van der Waals surface area contributed by atoms with Crippen LogP contribution in [0.3, 0.4) is 0 Å².